The summed E-state index contributed by atoms with van der Waals surface area (Å²) in [5.74, 6) is 0.693. The maximum absolute atomic E-state index is 12.4. The van der Waals surface area contributed by atoms with Crippen molar-refractivity contribution in [2.45, 2.75) is 47.0 Å². The molecule has 106 valence electrons. The second kappa shape index (κ2) is 7.25. The second-order valence-corrected chi connectivity index (χ2v) is 5.93. The van der Waals surface area contributed by atoms with Gasteiger partial charge in [0.05, 0.1) is 6.61 Å². The van der Waals surface area contributed by atoms with Crippen molar-refractivity contribution in [2.24, 2.45) is 11.3 Å². The average molecular weight is 255 g/mol. The number of carbonyl (C=O) groups excluding carboxylic acids is 1. The first-order chi connectivity index (χ1) is 8.51. The highest BCUT2D eigenvalue weighted by molar-refractivity contribution is 5.87. The smallest absolute Gasteiger partial charge is 0.142 e. The zero-order valence-electron chi connectivity index (χ0n) is 12.5. The zero-order chi connectivity index (χ0) is 13.6. The number of hydrogen-bond acceptors (Lipinski definition) is 3. The summed E-state index contributed by atoms with van der Waals surface area (Å²) in [6.45, 7) is 12.8. The fraction of sp³-hybridized carbons (Fsp3) is 0.933. The Labute approximate surface area is 112 Å². The number of likely N-dealkylation sites (N-methyl/N-ethyl adjacent to an activating group) is 1. The topological polar surface area (TPSA) is 29.5 Å². The highest BCUT2D eigenvalue weighted by atomic mass is 16.5. The van der Waals surface area contributed by atoms with Crippen molar-refractivity contribution >= 4 is 5.78 Å². The lowest BCUT2D eigenvalue weighted by atomic mass is 9.71. The number of ether oxygens (including phenoxy) is 1. The molecule has 0 N–H and O–H groups in total. The Morgan fingerprint density at radius 3 is 2.72 bits per heavy atom. The SMILES string of the molecule is CCOCCN(CC)CC1CCCC(C)(C)C1=O. The van der Waals surface area contributed by atoms with Gasteiger partial charge in [0.15, 0.2) is 0 Å². The third-order valence-corrected chi connectivity index (χ3v) is 4.07. The van der Waals surface area contributed by atoms with Crippen molar-refractivity contribution in [1.29, 1.82) is 0 Å². The van der Waals surface area contributed by atoms with Crippen LogP contribution in [0.1, 0.15) is 47.0 Å². The number of ketones is 1. The van der Waals surface area contributed by atoms with Crippen LogP contribution in [0.25, 0.3) is 0 Å². The van der Waals surface area contributed by atoms with Gasteiger partial charge in [0.2, 0.25) is 0 Å². The third-order valence-electron chi connectivity index (χ3n) is 4.07. The molecule has 1 unspecified atom stereocenters. The molecule has 0 bridgehead atoms. The van der Waals surface area contributed by atoms with Gasteiger partial charge in [0, 0.05) is 31.0 Å². The molecule has 0 amide bonds. The van der Waals surface area contributed by atoms with Crippen LogP contribution in [0.5, 0.6) is 0 Å². The van der Waals surface area contributed by atoms with Gasteiger partial charge >= 0.3 is 0 Å². The first kappa shape index (κ1) is 15.6. The van der Waals surface area contributed by atoms with Crippen LogP contribution in [-0.4, -0.2) is 43.5 Å². The predicted molar refractivity (Wildman–Crippen MR) is 74.7 cm³/mol. The molecule has 1 saturated carbocycles. The molecular formula is C15H29NO2. The van der Waals surface area contributed by atoms with E-state index in [-0.39, 0.29) is 11.3 Å². The van der Waals surface area contributed by atoms with E-state index < -0.39 is 0 Å². The molecule has 0 aliphatic heterocycles. The largest absolute Gasteiger partial charge is 0.380 e. The van der Waals surface area contributed by atoms with E-state index in [2.05, 4.69) is 25.7 Å². The van der Waals surface area contributed by atoms with Gasteiger partial charge in [-0.3, -0.25) is 4.79 Å². The van der Waals surface area contributed by atoms with E-state index in [1.165, 1.54) is 6.42 Å². The summed E-state index contributed by atoms with van der Waals surface area (Å²) in [4.78, 5) is 14.7. The van der Waals surface area contributed by atoms with Crippen LogP contribution in [-0.2, 0) is 9.53 Å². The summed E-state index contributed by atoms with van der Waals surface area (Å²) >= 11 is 0. The minimum atomic E-state index is -0.109. The molecule has 1 aliphatic rings. The molecule has 3 heteroatoms. The monoisotopic (exact) mass is 255 g/mol. The molecule has 0 aromatic rings. The molecule has 18 heavy (non-hydrogen) atoms. The minimum absolute atomic E-state index is 0.109. The Hall–Kier alpha value is -0.410. The van der Waals surface area contributed by atoms with Gasteiger partial charge in [-0.2, -0.15) is 0 Å². The minimum Gasteiger partial charge on any atom is -0.380 e. The molecule has 0 aromatic heterocycles. The van der Waals surface area contributed by atoms with Crippen LogP contribution >= 0.6 is 0 Å². The van der Waals surface area contributed by atoms with Crippen molar-refractivity contribution in [3.63, 3.8) is 0 Å². The molecule has 0 radical (unpaired) electrons. The van der Waals surface area contributed by atoms with Crippen molar-refractivity contribution in [2.75, 3.05) is 32.8 Å². The maximum atomic E-state index is 12.4. The van der Waals surface area contributed by atoms with Gasteiger partial charge in [-0.15, -0.1) is 0 Å². The van der Waals surface area contributed by atoms with Crippen LogP contribution in [0.2, 0.25) is 0 Å². The molecule has 0 saturated heterocycles. The Morgan fingerprint density at radius 2 is 2.11 bits per heavy atom. The van der Waals surface area contributed by atoms with Crippen LogP contribution in [0.4, 0.5) is 0 Å². The van der Waals surface area contributed by atoms with E-state index in [4.69, 9.17) is 4.74 Å². The number of hydrogen-bond donors (Lipinski definition) is 0. The number of carbonyl (C=O) groups is 1. The Morgan fingerprint density at radius 1 is 1.39 bits per heavy atom. The van der Waals surface area contributed by atoms with Crippen molar-refractivity contribution in [1.82, 2.24) is 4.90 Å². The molecule has 1 aliphatic carbocycles. The van der Waals surface area contributed by atoms with Gasteiger partial charge in [-0.05, 0) is 26.3 Å². The van der Waals surface area contributed by atoms with Gasteiger partial charge in [-0.25, -0.2) is 0 Å². The quantitative estimate of drug-likeness (QED) is 0.655. The third kappa shape index (κ3) is 4.36. The predicted octanol–water partition coefficient (Wildman–Crippen LogP) is 2.74. The fourth-order valence-electron chi connectivity index (χ4n) is 2.80. The summed E-state index contributed by atoms with van der Waals surface area (Å²) in [5, 5.41) is 0. The normalized spacial score (nSPS) is 23.6. The Kier molecular flexibility index (Phi) is 6.30. The van der Waals surface area contributed by atoms with E-state index in [0.29, 0.717) is 5.78 Å². The van der Waals surface area contributed by atoms with E-state index in [1.54, 1.807) is 0 Å². The molecule has 0 aromatic carbocycles. The summed E-state index contributed by atoms with van der Waals surface area (Å²) in [6.07, 6.45) is 3.30. The first-order valence-corrected chi connectivity index (χ1v) is 7.35. The second-order valence-electron chi connectivity index (χ2n) is 5.93. The van der Waals surface area contributed by atoms with Crippen LogP contribution in [0.3, 0.4) is 0 Å². The summed E-state index contributed by atoms with van der Waals surface area (Å²) in [6, 6.07) is 0. The standard InChI is InChI=1S/C15H29NO2/c1-5-16(10-11-18-6-2)12-13-8-7-9-15(3,4)14(13)17/h13H,5-12H2,1-4H3. The number of rotatable bonds is 7. The van der Waals surface area contributed by atoms with E-state index in [0.717, 1.165) is 45.7 Å². The highest BCUT2D eigenvalue weighted by Crippen LogP contribution is 2.35. The molecule has 3 nitrogen and oxygen atoms in total. The van der Waals surface area contributed by atoms with Gasteiger partial charge in [0.25, 0.3) is 0 Å². The van der Waals surface area contributed by atoms with Crippen molar-refractivity contribution < 1.29 is 9.53 Å². The maximum Gasteiger partial charge on any atom is 0.142 e. The molecule has 1 rings (SSSR count). The molecule has 0 spiro atoms. The lowest BCUT2D eigenvalue weighted by molar-refractivity contribution is -0.135. The molecule has 0 heterocycles. The number of Topliss-reactive ketones (excluding diaryl/α,β-unsaturated/α-hetero) is 1. The Balaban J connectivity index is 2.45. The first-order valence-electron chi connectivity index (χ1n) is 7.35. The van der Waals surface area contributed by atoms with E-state index >= 15 is 0 Å². The number of nitrogens with zero attached hydrogens (tertiary/aromatic N) is 1. The van der Waals surface area contributed by atoms with Crippen LogP contribution < -0.4 is 0 Å². The van der Waals surface area contributed by atoms with Crippen molar-refractivity contribution in [3.8, 4) is 0 Å². The zero-order valence-corrected chi connectivity index (χ0v) is 12.5. The van der Waals surface area contributed by atoms with Gasteiger partial charge in [0.1, 0.15) is 5.78 Å². The van der Waals surface area contributed by atoms with Crippen LogP contribution in [0, 0.1) is 11.3 Å². The van der Waals surface area contributed by atoms with Gasteiger partial charge < -0.3 is 9.64 Å². The van der Waals surface area contributed by atoms with Crippen molar-refractivity contribution in [3.05, 3.63) is 0 Å². The molecule has 1 atom stereocenters. The van der Waals surface area contributed by atoms with Gasteiger partial charge in [-0.1, -0.05) is 27.2 Å². The highest BCUT2D eigenvalue weighted by Gasteiger charge is 2.37. The van der Waals surface area contributed by atoms with E-state index in [9.17, 15) is 4.79 Å². The lowest BCUT2D eigenvalue weighted by Gasteiger charge is -2.36. The van der Waals surface area contributed by atoms with Crippen LogP contribution in [0.15, 0.2) is 0 Å². The summed E-state index contributed by atoms with van der Waals surface area (Å²) in [5.41, 5.74) is -0.109. The molecule has 1 fully saturated rings. The fourth-order valence-corrected chi connectivity index (χ4v) is 2.80. The lowest BCUT2D eigenvalue weighted by Crippen LogP contribution is -2.42. The average Bonchev–Trinajstić information content (AvgIpc) is 2.33. The summed E-state index contributed by atoms with van der Waals surface area (Å²) in [7, 11) is 0. The summed E-state index contributed by atoms with van der Waals surface area (Å²) < 4.78 is 5.40. The van der Waals surface area contributed by atoms with E-state index in [1.807, 2.05) is 6.92 Å². The Bertz CT molecular complexity index is 263. The molecular weight excluding hydrogens is 226 g/mol.